The maximum Gasteiger partial charge on any atom is 0.156 e. The highest BCUT2D eigenvalue weighted by molar-refractivity contribution is 4.94. The summed E-state index contributed by atoms with van der Waals surface area (Å²) >= 11 is 0. The summed E-state index contributed by atoms with van der Waals surface area (Å²) in [5.74, 6) is 1.25. The Balaban J connectivity index is 2.09. The first-order valence-electron chi connectivity index (χ1n) is 4.95. The third-order valence-electron chi connectivity index (χ3n) is 2.43. The predicted octanol–water partition coefficient (Wildman–Crippen LogP) is -0.474. The Hall–Kier alpha value is -1.01. The zero-order chi connectivity index (χ0) is 9.80. The molecule has 0 spiro atoms. The molecule has 1 aromatic heterocycles. The summed E-state index contributed by atoms with van der Waals surface area (Å²) in [6.45, 7) is 2.82. The molecule has 1 aliphatic heterocycles. The van der Waals surface area contributed by atoms with Crippen LogP contribution in [-0.4, -0.2) is 40.0 Å². The Bertz CT molecular complexity index is 281. The second-order valence-corrected chi connectivity index (χ2v) is 3.46. The van der Waals surface area contributed by atoms with Gasteiger partial charge in [-0.15, -0.1) is 5.10 Å². The second kappa shape index (κ2) is 4.47. The van der Waals surface area contributed by atoms with Gasteiger partial charge >= 0.3 is 0 Å². The lowest BCUT2D eigenvalue weighted by Crippen LogP contribution is -2.22. The number of rotatable bonds is 3. The van der Waals surface area contributed by atoms with Crippen molar-refractivity contribution in [2.75, 3.05) is 19.8 Å². The fourth-order valence-electron chi connectivity index (χ4n) is 1.73. The molecule has 2 N–H and O–H groups in total. The summed E-state index contributed by atoms with van der Waals surface area (Å²) in [5.41, 5.74) is 5.47. The van der Waals surface area contributed by atoms with Crippen LogP contribution in [0.1, 0.15) is 24.6 Å². The summed E-state index contributed by atoms with van der Waals surface area (Å²) in [6.07, 6.45) is 2.19. The Morgan fingerprint density at radius 1 is 1.57 bits per heavy atom. The first-order valence-corrected chi connectivity index (χ1v) is 4.95. The fraction of sp³-hybridized carbons (Fsp3) is 0.875. The van der Waals surface area contributed by atoms with Crippen molar-refractivity contribution >= 4 is 0 Å². The van der Waals surface area contributed by atoms with Crippen LogP contribution in [0.15, 0.2) is 0 Å². The molecule has 2 rings (SSSR count). The molecule has 1 atom stereocenters. The molecule has 0 saturated carbocycles. The number of nitrogens with zero attached hydrogens (tertiary/aromatic N) is 4. The quantitative estimate of drug-likeness (QED) is 0.708. The summed E-state index contributed by atoms with van der Waals surface area (Å²) in [6, 6.07) is 0. The van der Waals surface area contributed by atoms with E-state index < -0.39 is 0 Å². The minimum Gasteiger partial charge on any atom is -0.381 e. The van der Waals surface area contributed by atoms with E-state index in [0.717, 1.165) is 31.9 Å². The average molecular weight is 197 g/mol. The molecule has 2 heterocycles. The Labute approximate surface area is 82.4 Å². The molecule has 1 fully saturated rings. The monoisotopic (exact) mass is 197 g/mol. The van der Waals surface area contributed by atoms with Gasteiger partial charge in [0.05, 0.1) is 13.2 Å². The van der Waals surface area contributed by atoms with Crippen LogP contribution in [0.2, 0.25) is 0 Å². The minimum absolute atomic E-state index is 0.338. The van der Waals surface area contributed by atoms with E-state index in [0.29, 0.717) is 19.0 Å². The smallest absolute Gasteiger partial charge is 0.156 e. The Morgan fingerprint density at radius 2 is 2.50 bits per heavy atom. The molecule has 78 valence electrons. The largest absolute Gasteiger partial charge is 0.381 e. The molecule has 14 heavy (non-hydrogen) atoms. The molecular weight excluding hydrogens is 182 g/mol. The van der Waals surface area contributed by atoms with E-state index >= 15 is 0 Å². The van der Waals surface area contributed by atoms with Gasteiger partial charge in [0.2, 0.25) is 0 Å². The second-order valence-electron chi connectivity index (χ2n) is 3.46. The van der Waals surface area contributed by atoms with Crippen LogP contribution >= 0.6 is 0 Å². The SMILES string of the molecule is NCCn1nnnc1C1CCCOC1. The molecule has 1 unspecified atom stereocenters. The van der Waals surface area contributed by atoms with Crippen LogP contribution in [0, 0.1) is 0 Å². The first-order chi connectivity index (χ1) is 6.92. The molecule has 0 radical (unpaired) electrons. The van der Waals surface area contributed by atoms with Gasteiger partial charge in [0.25, 0.3) is 0 Å². The van der Waals surface area contributed by atoms with E-state index in [1.807, 2.05) is 0 Å². The van der Waals surface area contributed by atoms with Gasteiger partial charge in [-0.1, -0.05) is 0 Å². The number of ether oxygens (including phenoxy) is 1. The number of aromatic nitrogens is 4. The van der Waals surface area contributed by atoms with Crippen molar-refractivity contribution in [2.24, 2.45) is 5.73 Å². The maximum absolute atomic E-state index is 5.47. The molecular formula is C8H15N5O. The molecule has 1 saturated heterocycles. The van der Waals surface area contributed by atoms with Gasteiger partial charge in [0.1, 0.15) is 0 Å². The van der Waals surface area contributed by atoms with Gasteiger partial charge in [0.15, 0.2) is 5.82 Å². The van der Waals surface area contributed by atoms with E-state index in [1.54, 1.807) is 4.68 Å². The molecule has 0 bridgehead atoms. The van der Waals surface area contributed by atoms with Crippen LogP contribution in [0.25, 0.3) is 0 Å². The lowest BCUT2D eigenvalue weighted by Gasteiger charge is -2.20. The molecule has 1 aromatic rings. The van der Waals surface area contributed by atoms with Crippen molar-refractivity contribution in [1.82, 2.24) is 20.2 Å². The lowest BCUT2D eigenvalue weighted by molar-refractivity contribution is 0.0766. The Morgan fingerprint density at radius 3 is 3.21 bits per heavy atom. The maximum atomic E-state index is 5.47. The number of tetrazole rings is 1. The van der Waals surface area contributed by atoms with Gasteiger partial charge in [-0.25, -0.2) is 4.68 Å². The van der Waals surface area contributed by atoms with Gasteiger partial charge in [-0.2, -0.15) is 0 Å². The summed E-state index contributed by atoms with van der Waals surface area (Å²) in [4.78, 5) is 0. The normalized spacial score (nSPS) is 22.5. The van der Waals surface area contributed by atoms with Crippen LogP contribution in [0.3, 0.4) is 0 Å². The van der Waals surface area contributed by atoms with Gasteiger partial charge in [-0.3, -0.25) is 0 Å². The van der Waals surface area contributed by atoms with E-state index in [-0.39, 0.29) is 0 Å². The number of hydrogen-bond acceptors (Lipinski definition) is 5. The zero-order valence-corrected chi connectivity index (χ0v) is 8.09. The van der Waals surface area contributed by atoms with Crippen LogP contribution < -0.4 is 5.73 Å². The van der Waals surface area contributed by atoms with Crippen molar-refractivity contribution in [3.05, 3.63) is 5.82 Å². The molecule has 0 aliphatic carbocycles. The van der Waals surface area contributed by atoms with Crippen molar-refractivity contribution < 1.29 is 4.74 Å². The molecule has 6 heteroatoms. The van der Waals surface area contributed by atoms with Crippen LogP contribution in [0.5, 0.6) is 0 Å². The summed E-state index contributed by atoms with van der Waals surface area (Å²) in [5, 5.41) is 11.6. The first kappa shape index (κ1) is 9.54. The Kier molecular flexibility index (Phi) is 3.05. The molecule has 0 aromatic carbocycles. The number of hydrogen-bond donors (Lipinski definition) is 1. The third-order valence-corrected chi connectivity index (χ3v) is 2.43. The molecule has 6 nitrogen and oxygen atoms in total. The highest BCUT2D eigenvalue weighted by Crippen LogP contribution is 2.22. The fourth-order valence-corrected chi connectivity index (χ4v) is 1.73. The van der Waals surface area contributed by atoms with Crippen molar-refractivity contribution in [2.45, 2.75) is 25.3 Å². The van der Waals surface area contributed by atoms with E-state index in [1.165, 1.54) is 0 Å². The van der Waals surface area contributed by atoms with Gasteiger partial charge < -0.3 is 10.5 Å². The third kappa shape index (κ3) is 1.91. The van der Waals surface area contributed by atoms with Crippen LogP contribution in [-0.2, 0) is 11.3 Å². The number of nitrogens with two attached hydrogens (primary N) is 1. The minimum atomic E-state index is 0.338. The standard InChI is InChI=1S/C8H15N5O/c9-3-4-13-8(10-11-12-13)7-2-1-5-14-6-7/h7H,1-6,9H2. The topological polar surface area (TPSA) is 78.9 Å². The van der Waals surface area contributed by atoms with Crippen molar-refractivity contribution in [3.8, 4) is 0 Å². The van der Waals surface area contributed by atoms with E-state index in [9.17, 15) is 0 Å². The zero-order valence-electron chi connectivity index (χ0n) is 8.09. The van der Waals surface area contributed by atoms with Crippen molar-refractivity contribution in [1.29, 1.82) is 0 Å². The predicted molar refractivity (Wildman–Crippen MR) is 49.7 cm³/mol. The van der Waals surface area contributed by atoms with E-state index in [4.69, 9.17) is 10.5 Å². The summed E-state index contributed by atoms with van der Waals surface area (Å²) < 4.78 is 7.18. The van der Waals surface area contributed by atoms with Crippen LogP contribution in [0.4, 0.5) is 0 Å². The average Bonchev–Trinajstić information content (AvgIpc) is 2.68. The summed E-state index contributed by atoms with van der Waals surface area (Å²) in [7, 11) is 0. The molecule has 1 aliphatic rings. The van der Waals surface area contributed by atoms with Gasteiger partial charge in [0, 0.05) is 19.1 Å². The lowest BCUT2D eigenvalue weighted by atomic mass is 10.0. The molecule has 0 amide bonds. The highest BCUT2D eigenvalue weighted by Gasteiger charge is 2.21. The van der Waals surface area contributed by atoms with E-state index in [2.05, 4.69) is 15.5 Å². The van der Waals surface area contributed by atoms with Gasteiger partial charge in [-0.05, 0) is 23.3 Å². The van der Waals surface area contributed by atoms with Crippen molar-refractivity contribution in [3.63, 3.8) is 0 Å². The highest BCUT2D eigenvalue weighted by atomic mass is 16.5.